The molecule has 1 saturated heterocycles. The summed E-state index contributed by atoms with van der Waals surface area (Å²) >= 11 is 1.33. The number of hydrogen-bond acceptors (Lipinski definition) is 5. The molecule has 0 aliphatic carbocycles. The van der Waals surface area contributed by atoms with E-state index < -0.39 is 11.6 Å². The van der Waals surface area contributed by atoms with E-state index in [0.717, 1.165) is 42.9 Å². The summed E-state index contributed by atoms with van der Waals surface area (Å²) in [5.74, 6) is 4.78. The molecule has 2 heterocycles. The Morgan fingerprint density at radius 2 is 1.66 bits per heavy atom. The van der Waals surface area contributed by atoms with E-state index in [1.165, 1.54) is 35.8 Å². The second-order valence-corrected chi connectivity index (χ2v) is 7.33. The first-order valence-corrected chi connectivity index (χ1v) is 9.87. The minimum Gasteiger partial charge on any atom is -0.344 e. The molecule has 4 nitrogen and oxygen atoms in total. The molecule has 1 fully saturated rings. The highest BCUT2D eigenvalue weighted by Crippen LogP contribution is 2.25. The fraction of sp³-hybridized carbons (Fsp3) is 0.238. The molecule has 0 spiro atoms. The third-order valence-electron chi connectivity index (χ3n) is 4.62. The van der Waals surface area contributed by atoms with E-state index in [2.05, 4.69) is 31.0 Å². The van der Waals surface area contributed by atoms with Crippen LogP contribution in [-0.2, 0) is 0 Å². The van der Waals surface area contributed by atoms with Crippen LogP contribution in [0.2, 0.25) is 0 Å². The van der Waals surface area contributed by atoms with Gasteiger partial charge in [0.1, 0.15) is 17.5 Å². The third kappa shape index (κ3) is 4.75. The Balaban J connectivity index is 1.32. The molecule has 0 N–H and O–H groups in total. The van der Waals surface area contributed by atoms with Gasteiger partial charge in [-0.15, -0.1) is 0 Å². The smallest absolute Gasteiger partial charge is 0.205 e. The number of aromatic nitrogens is 2. The predicted octanol–water partition coefficient (Wildman–Crippen LogP) is 3.80. The number of benzene rings is 2. The van der Waals surface area contributed by atoms with Crippen molar-refractivity contribution in [3.8, 4) is 23.2 Å². The van der Waals surface area contributed by atoms with Crippen LogP contribution in [0.3, 0.4) is 0 Å². The van der Waals surface area contributed by atoms with Crippen molar-refractivity contribution in [3.05, 3.63) is 65.5 Å². The van der Waals surface area contributed by atoms with Crippen LogP contribution in [0.4, 0.5) is 18.3 Å². The molecule has 1 aliphatic rings. The highest BCUT2D eigenvalue weighted by Gasteiger charge is 2.20. The largest absolute Gasteiger partial charge is 0.344 e. The first kappa shape index (κ1) is 19.4. The monoisotopic (exact) mass is 414 g/mol. The van der Waals surface area contributed by atoms with Gasteiger partial charge in [-0.25, -0.2) is 13.2 Å². The van der Waals surface area contributed by atoms with Gasteiger partial charge >= 0.3 is 0 Å². The van der Waals surface area contributed by atoms with Crippen molar-refractivity contribution >= 4 is 16.7 Å². The van der Waals surface area contributed by atoms with E-state index in [-0.39, 0.29) is 11.4 Å². The van der Waals surface area contributed by atoms with E-state index in [1.807, 2.05) is 0 Å². The summed E-state index contributed by atoms with van der Waals surface area (Å²) < 4.78 is 44.0. The lowest BCUT2D eigenvalue weighted by atomic mass is 10.2. The molecule has 2 aromatic carbocycles. The minimum atomic E-state index is -0.643. The lowest BCUT2D eigenvalue weighted by Crippen LogP contribution is -2.46. The molecular formula is C21H17F3N4S. The number of hydrogen-bond donors (Lipinski definition) is 0. The maximum Gasteiger partial charge on any atom is 0.205 e. The van der Waals surface area contributed by atoms with Gasteiger partial charge in [-0.2, -0.15) is 9.36 Å². The molecule has 0 atom stereocenters. The van der Waals surface area contributed by atoms with Gasteiger partial charge in [0.15, 0.2) is 5.82 Å². The highest BCUT2D eigenvalue weighted by atomic mass is 32.1. The molecule has 0 bridgehead atoms. The zero-order chi connectivity index (χ0) is 20.2. The van der Waals surface area contributed by atoms with Gasteiger partial charge in [0.25, 0.3) is 0 Å². The molecule has 8 heteroatoms. The van der Waals surface area contributed by atoms with Crippen molar-refractivity contribution in [2.24, 2.45) is 0 Å². The van der Waals surface area contributed by atoms with Crippen LogP contribution in [0.15, 0.2) is 42.5 Å². The number of nitrogens with zero attached hydrogens (tertiary/aromatic N) is 4. The molecule has 148 valence electrons. The Kier molecular flexibility index (Phi) is 5.79. The Labute approximate surface area is 170 Å². The summed E-state index contributed by atoms with van der Waals surface area (Å²) in [4.78, 5) is 8.90. The summed E-state index contributed by atoms with van der Waals surface area (Å²) in [6.45, 7) is 3.68. The maximum atomic E-state index is 13.6. The number of anilines is 1. The van der Waals surface area contributed by atoms with Crippen molar-refractivity contribution in [2.75, 3.05) is 37.6 Å². The molecule has 3 aromatic rings. The summed E-state index contributed by atoms with van der Waals surface area (Å²) in [7, 11) is 0. The first-order chi connectivity index (χ1) is 14.1. The first-order valence-electron chi connectivity index (χ1n) is 9.09. The van der Waals surface area contributed by atoms with Crippen LogP contribution in [0.25, 0.3) is 11.4 Å². The van der Waals surface area contributed by atoms with E-state index in [1.54, 1.807) is 12.1 Å². The number of piperazine rings is 1. The van der Waals surface area contributed by atoms with Crippen molar-refractivity contribution in [3.63, 3.8) is 0 Å². The Morgan fingerprint density at radius 1 is 0.931 bits per heavy atom. The molecule has 1 aromatic heterocycles. The summed E-state index contributed by atoms with van der Waals surface area (Å²) in [6, 6.07) is 9.52. The maximum absolute atomic E-state index is 13.6. The normalized spacial score (nSPS) is 14.5. The molecular weight excluding hydrogens is 397 g/mol. The number of rotatable bonds is 3. The Morgan fingerprint density at radius 3 is 2.38 bits per heavy atom. The second-order valence-electron chi connectivity index (χ2n) is 6.60. The average molecular weight is 414 g/mol. The minimum absolute atomic E-state index is 0.201. The molecule has 0 unspecified atom stereocenters. The van der Waals surface area contributed by atoms with Crippen LogP contribution >= 0.6 is 11.5 Å². The van der Waals surface area contributed by atoms with Crippen molar-refractivity contribution in [1.82, 2.24) is 14.3 Å². The van der Waals surface area contributed by atoms with Crippen LogP contribution in [-0.4, -0.2) is 47.0 Å². The predicted molar refractivity (Wildman–Crippen MR) is 107 cm³/mol. The van der Waals surface area contributed by atoms with Crippen LogP contribution in [0, 0.1) is 29.3 Å². The highest BCUT2D eigenvalue weighted by molar-refractivity contribution is 7.09. The summed E-state index contributed by atoms with van der Waals surface area (Å²) in [5.41, 5.74) is 0.989. The van der Waals surface area contributed by atoms with Gasteiger partial charge < -0.3 is 4.90 Å². The molecule has 0 saturated carbocycles. The zero-order valence-electron chi connectivity index (χ0n) is 15.4. The van der Waals surface area contributed by atoms with E-state index in [9.17, 15) is 13.2 Å². The molecule has 0 amide bonds. The van der Waals surface area contributed by atoms with E-state index in [0.29, 0.717) is 12.4 Å². The van der Waals surface area contributed by atoms with Crippen molar-refractivity contribution < 1.29 is 13.2 Å². The number of halogens is 3. The molecule has 1 aliphatic heterocycles. The van der Waals surface area contributed by atoms with E-state index in [4.69, 9.17) is 0 Å². The quantitative estimate of drug-likeness (QED) is 0.611. The Hall–Kier alpha value is -2.89. The fourth-order valence-electron chi connectivity index (χ4n) is 2.99. The standard InChI is InChI=1S/C21H17F3N4S/c22-17-6-4-16(5-7-17)20-25-21(29-26-20)28-12-10-27(11-13-28)9-1-2-15-3-8-18(23)14-19(15)24/h3-8,14H,9-13H2. The topological polar surface area (TPSA) is 32.3 Å². The lowest BCUT2D eigenvalue weighted by molar-refractivity contribution is 0.288. The summed E-state index contributed by atoms with van der Waals surface area (Å²) in [5, 5.41) is 0.837. The fourth-order valence-corrected chi connectivity index (χ4v) is 3.73. The van der Waals surface area contributed by atoms with Crippen molar-refractivity contribution in [2.45, 2.75) is 0 Å². The lowest BCUT2D eigenvalue weighted by Gasteiger charge is -2.33. The molecule has 29 heavy (non-hydrogen) atoms. The third-order valence-corrected chi connectivity index (χ3v) is 5.39. The van der Waals surface area contributed by atoms with Crippen molar-refractivity contribution in [1.29, 1.82) is 0 Å². The van der Waals surface area contributed by atoms with Gasteiger partial charge in [-0.05, 0) is 36.4 Å². The zero-order valence-corrected chi connectivity index (χ0v) is 16.2. The van der Waals surface area contributed by atoms with Crippen LogP contribution < -0.4 is 4.90 Å². The average Bonchev–Trinajstić information content (AvgIpc) is 3.21. The second kappa shape index (κ2) is 8.64. The summed E-state index contributed by atoms with van der Waals surface area (Å²) in [6.07, 6.45) is 0. The van der Waals surface area contributed by atoms with Gasteiger partial charge in [0.05, 0.1) is 12.1 Å². The molecule has 4 rings (SSSR count). The van der Waals surface area contributed by atoms with Gasteiger partial charge in [0, 0.05) is 49.3 Å². The van der Waals surface area contributed by atoms with Crippen LogP contribution in [0.5, 0.6) is 0 Å². The van der Waals surface area contributed by atoms with Crippen LogP contribution in [0.1, 0.15) is 5.56 Å². The van der Waals surface area contributed by atoms with Gasteiger partial charge in [-0.1, -0.05) is 11.8 Å². The molecule has 0 radical (unpaired) electrons. The SMILES string of the molecule is Fc1ccc(-c2nsc(N3CCN(CC#Cc4ccc(F)cc4F)CC3)n2)cc1. The van der Waals surface area contributed by atoms with Gasteiger partial charge in [0.2, 0.25) is 5.13 Å². The van der Waals surface area contributed by atoms with Gasteiger partial charge in [-0.3, -0.25) is 4.90 Å². The Bertz CT molecular complexity index is 1050. The van der Waals surface area contributed by atoms with E-state index >= 15 is 0 Å².